The van der Waals surface area contributed by atoms with E-state index in [2.05, 4.69) is 59.9 Å². The summed E-state index contributed by atoms with van der Waals surface area (Å²) in [6, 6.07) is 10.2. The lowest BCUT2D eigenvalue weighted by molar-refractivity contribution is 0.00823. The third kappa shape index (κ3) is 2.30. The summed E-state index contributed by atoms with van der Waals surface area (Å²) in [5.74, 6) is 0.782. The summed E-state index contributed by atoms with van der Waals surface area (Å²) >= 11 is 3.53. The number of aromatic amines is 1. The molecule has 1 aliphatic carbocycles. The minimum absolute atomic E-state index is 0.0114. The number of likely N-dealkylation sites (tertiary alicyclic amines) is 1. The van der Waals surface area contributed by atoms with Crippen molar-refractivity contribution in [1.29, 1.82) is 0 Å². The monoisotopic (exact) mass is 441 g/mol. The van der Waals surface area contributed by atoms with Crippen LogP contribution < -0.4 is 0 Å². The molecule has 2 fully saturated rings. The van der Waals surface area contributed by atoms with E-state index in [-0.39, 0.29) is 22.9 Å². The van der Waals surface area contributed by atoms with Gasteiger partial charge in [0.1, 0.15) is 5.82 Å². The summed E-state index contributed by atoms with van der Waals surface area (Å²) in [6.45, 7) is 6.72. The molecule has 28 heavy (non-hydrogen) atoms. The van der Waals surface area contributed by atoms with Crippen molar-refractivity contribution in [2.24, 2.45) is 10.8 Å². The first-order valence-corrected chi connectivity index (χ1v) is 10.6. The number of aromatic nitrogens is 2. The van der Waals surface area contributed by atoms with E-state index in [1.54, 1.807) is 4.90 Å². The van der Waals surface area contributed by atoms with Crippen LogP contribution in [0.15, 0.2) is 34.8 Å². The van der Waals surface area contributed by atoms with Crippen LogP contribution in [-0.2, 0) is 0 Å². The fraction of sp³-hybridized carbons (Fsp3) is 0.455. The molecular weight excluding hydrogens is 418 g/mol. The summed E-state index contributed by atoms with van der Waals surface area (Å²) in [5.41, 5.74) is 1.77. The first-order chi connectivity index (χ1) is 13.2. The average Bonchev–Trinajstić information content (AvgIpc) is 3.31. The van der Waals surface area contributed by atoms with Crippen molar-refractivity contribution in [3.8, 4) is 0 Å². The van der Waals surface area contributed by atoms with Crippen LogP contribution in [-0.4, -0.2) is 32.1 Å². The number of fused-ring (bicyclic) bond motifs is 5. The Morgan fingerprint density at radius 2 is 2.11 bits per heavy atom. The molecule has 1 unspecified atom stereocenters. The summed E-state index contributed by atoms with van der Waals surface area (Å²) in [6.07, 6.45) is 2.06. The number of H-pyrrole nitrogens is 1. The molecule has 3 aromatic rings. The van der Waals surface area contributed by atoms with Crippen LogP contribution in [0.2, 0.25) is 0 Å². The molecule has 1 saturated heterocycles. The number of amides is 1. The van der Waals surface area contributed by atoms with Crippen LogP contribution in [0.5, 0.6) is 0 Å². The molecule has 2 N–H and O–H groups in total. The average molecular weight is 442 g/mol. The maximum absolute atomic E-state index is 12.2. The van der Waals surface area contributed by atoms with E-state index in [1.165, 1.54) is 0 Å². The summed E-state index contributed by atoms with van der Waals surface area (Å²) in [5, 5.41) is 12.2. The predicted octanol–water partition coefficient (Wildman–Crippen LogP) is 6.10. The Hall–Kier alpha value is -2.08. The second-order valence-corrected chi connectivity index (χ2v) is 10.3. The number of nitrogens with zero attached hydrogens (tertiary/aromatic N) is 2. The zero-order valence-electron chi connectivity index (χ0n) is 16.3. The Labute approximate surface area is 172 Å². The summed E-state index contributed by atoms with van der Waals surface area (Å²) in [4.78, 5) is 22.3. The van der Waals surface area contributed by atoms with Crippen LogP contribution in [0.25, 0.3) is 21.8 Å². The van der Waals surface area contributed by atoms with Crippen molar-refractivity contribution >= 4 is 43.8 Å². The predicted molar refractivity (Wildman–Crippen MR) is 113 cm³/mol. The minimum Gasteiger partial charge on any atom is -0.465 e. The summed E-state index contributed by atoms with van der Waals surface area (Å²) in [7, 11) is 0. The van der Waals surface area contributed by atoms with Crippen molar-refractivity contribution in [2.45, 2.75) is 52.1 Å². The Morgan fingerprint density at radius 1 is 1.32 bits per heavy atom. The number of hydrogen-bond donors (Lipinski definition) is 2. The van der Waals surface area contributed by atoms with Gasteiger partial charge in [-0.15, -0.1) is 0 Å². The van der Waals surface area contributed by atoms with E-state index in [1.807, 2.05) is 12.1 Å². The van der Waals surface area contributed by atoms with Crippen LogP contribution in [0.3, 0.4) is 0 Å². The molecular formula is C22H24BrN3O2. The van der Waals surface area contributed by atoms with E-state index in [9.17, 15) is 9.90 Å². The van der Waals surface area contributed by atoms with Crippen LogP contribution in [0, 0.1) is 10.8 Å². The van der Waals surface area contributed by atoms with Gasteiger partial charge in [0.25, 0.3) is 0 Å². The van der Waals surface area contributed by atoms with Crippen molar-refractivity contribution in [2.75, 3.05) is 0 Å². The topological polar surface area (TPSA) is 69.2 Å². The molecule has 1 saturated carbocycles. The van der Waals surface area contributed by atoms with Gasteiger partial charge in [0.15, 0.2) is 0 Å². The lowest BCUT2D eigenvalue weighted by Gasteiger charge is -2.47. The highest BCUT2D eigenvalue weighted by Crippen LogP contribution is 2.66. The molecule has 1 aromatic heterocycles. The Balaban J connectivity index is 1.73. The highest BCUT2D eigenvalue weighted by molar-refractivity contribution is 9.10. The molecule has 2 bridgehead atoms. The SMILES string of the molecule is CC(C)(C)C12CC[C@@H](C1)N(C(=O)O)[C@@H]2c1nc2c(ccc3cc(Br)ccc32)[nH]1. The molecule has 2 aliphatic rings. The Bertz CT molecular complexity index is 1120. The Kier molecular flexibility index (Phi) is 3.67. The fourth-order valence-corrected chi connectivity index (χ4v) is 6.06. The smallest absolute Gasteiger partial charge is 0.408 e. The van der Waals surface area contributed by atoms with Crippen molar-refractivity contribution < 1.29 is 9.90 Å². The molecule has 146 valence electrons. The molecule has 1 amide bonds. The molecule has 6 heteroatoms. The van der Waals surface area contributed by atoms with Gasteiger partial charge >= 0.3 is 6.09 Å². The third-order valence-electron chi connectivity index (χ3n) is 7.14. The molecule has 0 radical (unpaired) electrons. The van der Waals surface area contributed by atoms with Gasteiger partial charge in [0, 0.05) is 21.3 Å². The van der Waals surface area contributed by atoms with E-state index in [0.717, 1.165) is 51.4 Å². The quantitative estimate of drug-likeness (QED) is 0.479. The van der Waals surface area contributed by atoms with Gasteiger partial charge in [-0.05, 0) is 48.3 Å². The number of carbonyl (C=O) groups is 1. The van der Waals surface area contributed by atoms with Crippen molar-refractivity contribution in [3.63, 3.8) is 0 Å². The third-order valence-corrected chi connectivity index (χ3v) is 7.63. The van der Waals surface area contributed by atoms with Gasteiger partial charge in [-0.1, -0.05) is 48.8 Å². The molecule has 3 atom stereocenters. The first kappa shape index (κ1) is 18.0. The van der Waals surface area contributed by atoms with Crippen LogP contribution in [0.4, 0.5) is 4.79 Å². The zero-order chi connectivity index (χ0) is 19.8. The van der Waals surface area contributed by atoms with E-state index >= 15 is 0 Å². The molecule has 0 spiro atoms. The number of nitrogens with one attached hydrogen (secondary N) is 1. The fourth-order valence-electron chi connectivity index (χ4n) is 5.68. The Morgan fingerprint density at radius 3 is 2.82 bits per heavy atom. The lowest BCUT2D eigenvalue weighted by Crippen LogP contribution is -2.46. The standard InChI is InChI=1S/C22H24BrN3O2/c1-21(2,3)22-9-8-14(11-22)26(20(27)28)18(22)19-24-16-7-4-12-10-13(23)5-6-15(12)17(16)25-19/h4-7,10,14,18H,8-9,11H2,1-3H3,(H,24,25)(H,27,28)/t14-,18+,22?/m0/s1. The van der Waals surface area contributed by atoms with Gasteiger partial charge in [0.2, 0.25) is 0 Å². The molecule has 2 aromatic carbocycles. The highest BCUT2D eigenvalue weighted by atomic mass is 79.9. The zero-order valence-corrected chi connectivity index (χ0v) is 17.9. The number of halogens is 1. The largest absolute Gasteiger partial charge is 0.465 e. The first-order valence-electron chi connectivity index (χ1n) is 9.80. The van der Waals surface area contributed by atoms with Gasteiger partial charge in [-0.25, -0.2) is 9.78 Å². The van der Waals surface area contributed by atoms with Crippen molar-refractivity contribution in [1.82, 2.24) is 14.9 Å². The number of rotatable bonds is 1. The molecule has 5 rings (SSSR count). The molecule has 1 aliphatic heterocycles. The van der Waals surface area contributed by atoms with Gasteiger partial charge < -0.3 is 10.1 Å². The van der Waals surface area contributed by atoms with Gasteiger partial charge in [0.05, 0.1) is 17.1 Å². The maximum Gasteiger partial charge on any atom is 0.408 e. The minimum atomic E-state index is -0.838. The number of carboxylic acid groups (broad SMARTS) is 1. The second kappa shape index (κ2) is 5.72. The van der Waals surface area contributed by atoms with Crippen molar-refractivity contribution in [3.05, 3.63) is 40.6 Å². The van der Waals surface area contributed by atoms with Crippen LogP contribution >= 0.6 is 15.9 Å². The highest BCUT2D eigenvalue weighted by Gasteiger charge is 2.64. The van der Waals surface area contributed by atoms with Gasteiger partial charge in [-0.3, -0.25) is 4.90 Å². The number of imidazole rings is 1. The van der Waals surface area contributed by atoms with E-state index in [4.69, 9.17) is 4.98 Å². The van der Waals surface area contributed by atoms with E-state index < -0.39 is 6.09 Å². The maximum atomic E-state index is 12.2. The van der Waals surface area contributed by atoms with Gasteiger partial charge in [-0.2, -0.15) is 0 Å². The molecule has 2 heterocycles. The second-order valence-electron chi connectivity index (χ2n) is 9.34. The number of benzene rings is 2. The number of hydrogen-bond acceptors (Lipinski definition) is 2. The molecule has 5 nitrogen and oxygen atoms in total. The normalized spacial score (nSPS) is 27.2. The summed E-state index contributed by atoms with van der Waals surface area (Å²) < 4.78 is 1.03. The lowest BCUT2D eigenvalue weighted by atomic mass is 9.61. The number of piperidine rings is 1. The van der Waals surface area contributed by atoms with E-state index in [0.29, 0.717) is 0 Å². The van der Waals surface area contributed by atoms with Crippen LogP contribution in [0.1, 0.15) is 51.9 Å².